The summed E-state index contributed by atoms with van der Waals surface area (Å²) < 4.78 is 6.52. The van der Waals surface area contributed by atoms with E-state index < -0.39 is 0 Å². The molecule has 1 aromatic rings. The molecule has 1 unspecified atom stereocenters. The van der Waals surface area contributed by atoms with E-state index >= 15 is 0 Å². The predicted octanol–water partition coefficient (Wildman–Crippen LogP) is 5.32. The molecule has 0 aliphatic carbocycles. The quantitative estimate of drug-likeness (QED) is 0.655. The highest BCUT2D eigenvalue weighted by molar-refractivity contribution is 9.10. The largest absolute Gasteiger partial charge is 0.497 e. The lowest BCUT2D eigenvalue weighted by molar-refractivity contribution is 0.410. The number of hydrogen-bond donors (Lipinski definition) is 1. The summed E-state index contributed by atoms with van der Waals surface area (Å²) in [5.41, 5.74) is 1.31. The monoisotopic (exact) mass is 341 g/mol. The van der Waals surface area contributed by atoms with E-state index in [0.29, 0.717) is 6.04 Å². The van der Waals surface area contributed by atoms with Crippen LogP contribution in [0.3, 0.4) is 0 Å². The first-order valence-electron chi connectivity index (χ1n) is 7.65. The van der Waals surface area contributed by atoms with Gasteiger partial charge in [-0.3, -0.25) is 0 Å². The molecular formula is C17H28BrNO. The smallest absolute Gasteiger partial charge is 0.119 e. The molecule has 0 spiro atoms. The van der Waals surface area contributed by atoms with Gasteiger partial charge in [0.1, 0.15) is 5.75 Å². The van der Waals surface area contributed by atoms with E-state index in [0.717, 1.165) is 29.1 Å². The highest BCUT2D eigenvalue weighted by atomic mass is 79.9. The zero-order valence-electron chi connectivity index (χ0n) is 13.2. The first-order valence-corrected chi connectivity index (χ1v) is 8.44. The number of benzene rings is 1. The van der Waals surface area contributed by atoms with E-state index in [1.807, 2.05) is 6.07 Å². The summed E-state index contributed by atoms with van der Waals surface area (Å²) in [6.07, 6.45) is 4.86. The van der Waals surface area contributed by atoms with Crippen LogP contribution in [0.2, 0.25) is 0 Å². The Morgan fingerprint density at radius 2 is 2.00 bits per heavy atom. The van der Waals surface area contributed by atoms with Crippen LogP contribution in [0.5, 0.6) is 5.75 Å². The fourth-order valence-electron chi connectivity index (χ4n) is 2.33. The number of halogens is 1. The van der Waals surface area contributed by atoms with Crippen molar-refractivity contribution in [3.8, 4) is 5.75 Å². The third-order valence-corrected chi connectivity index (χ3v) is 4.22. The molecule has 0 bridgehead atoms. The third-order valence-electron chi connectivity index (χ3n) is 3.49. The Morgan fingerprint density at radius 1 is 1.25 bits per heavy atom. The second kappa shape index (κ2) is 9.41. The van der Waals surface area contributed by atoms with E-state index in [1.165, 1.54) is 24.8 Å². The minimum Gasteiger partial charge on any atom is -0.497 e. The molecule has 0 heterocycles. The molecule has 0 fully saturated rings. The van der Waals surface area contributed by atoms with Crippen LogP contribution in [0.15, 0.2) is 22.7 Å². The minimum atomic E-state index is 0.401. The fourth-order valence-corrected chi connectivity index (χ4v) is 2.86. The van der Waals surface area contributed by atoms with E-state index in [1.54, 1.807) is 7.11 Å². The van der Waals surface area contributed by atoms with Crippen molar-refractivity contribution in [2.75, 3.05) is 13.7 Å². The van der Waals surface area contributed by atoms with Crippen LogP contribution in [0, 0.1) is 5.92 Å². The lowest BCUT2D eigenvalue weighted by atomic mass is 9.97. The van der Waals surface area contributed by atoms with Crippen LogP contribution < -0.4 is 10.1 Å². The van der Waals surface area contributed by atoms with Gasteiger partial charge in [-0.1, -0.05) is 49.5 Å². The van der Waals surface area contributed by atoms with Crippen molar-refractivity contribution in [3.05, 3.63) is 28.2 Å². The van der Waals surface area contributed by atoms with Crippen molar-refractivity contribution in [1.82, 2.24) is 5.32 Å². The summed E-state index contributed by atoms with van der Waals surface area (Å²) in [5.74, 6) is 1.70. The lowest BCUT2D eigenvalue weighted by Gasteiger charge is -2.21. The SMILES string of the molecule is CCCNC(CCCC(C)C)c1cc(OC)ccc1Br. The number of ether oxygens (including phenoxy) is 1. The summed E-state index contributed by atoms with van der Waals surface area (Å²) in [4.78, 5) is 0. The Labute approximate surface area is 132 Å². The molecule has 0 aliphatic heterocycles. The molecule has 0 aromatic heterocycles. The zero-order valence-corrected chi connectivity index (χ0v) is 14.8. The van der Waals surface area contributed by atoms with Crippen molar-refractivity contribution in [2.24, 2.45) is 5.92 Å². The molecular weight excluding hydrogens is 314 g/mol. The molecule has 0 saturated heterocycles. The minimum absolute atomic E-state index is 0.401. The molecule has 1 N–H and O–H groups in total. The standard InChI is InChI=1S/C17H28BrNO/c1-5-11-19-17(8-6-7-13(2)3)15-12-14(20-4)9-10-16(15)18/h9-10,12-13,17,19H,5-8,11H2,1-4H3. The topological polar surface area (TPSA) is 21.3 Å². The summed E-state index contributed by atoms with van der Waals surface area (Å²) in [7, 11) is 1.72. The lowest BCUT2D eigenvalue weighted by Crippen LogP contribution is -2.22. The van der Waals surface area contributed by atoms with Crippen molar-refractivity contribution < 1.29 is 4.74 Å². The number of nitrogens with one attached hydrogen (secondary N) is 1. The van der Waals surface area contributed by atoms with E-state index in [9.17, 15) is 0 Å². The van der Waals surface area contributed by atoms with Crippen molar-refractivity contribution >= 4 is 15.9 Å². The van der Waals surface area contributed by atoms with Crippen LogP contribution in [0.25, 0.3) is 0 Å². The van der Waals surface area contributed by atoms with Gasteiger partial charge < -0.3 is 10.1 Å². The van der Waals surface area contributed by atoms with Crippen molar-refractivity contribution in [3.63, 3.8) is 0 Å². The van der Waals surface area contributed by atoms with Crippen molar-refractivity contribution in [2.45, 2.75) is 52.5 Å². The molecule has 1 atom stereocenters. The number of methoxy groups -OCH3 is 1. The van der Waals surface area contributed by atoms with Gasteiger partial charge >= 0.3 is 0 Å². The van der Waals surface area contributed by atoms with Crippen LogP contribution in [-0.4, -0.2) is 13.7 Å². The maximum atomic E-state index is 5.36. The predicted molar refractivity (Wildman–Crippen MR) is 90.4 cm³/mol. The second-order valence-electron chi connectivity index (χ2n) is 5.72. The Balaban J connectivity index is 2.79. The van der Waals surface area contributed by atoms with Crippen LogP contribution in [0.4, 0.5) is 0 Å². The van der Waals surface area contributed by atoms with Crippen LogP contribution >= 0.6 is 15.9 Å². The van der Waals surface area contributed by atoms with Gasteiger partial charge in [-0.25, -0.2) is 0 Å². The van der Waals surface area contributed by atoms with Gasteiger partial charge in [-0.15, -0.1) is 0 Å². The zero-order chi connectivity index (χ0) is 15.0. The molecule has 3 heteroatoms. The van der Waals surface area contributed by atoms with E-state index in [-0.39, 0.29) is 0 Å². The van der Waals surface area contributed by atoms with Crippen LogP contribution in [-0.2, 0) is 0 Å². The molecule has 0 radical (unpaired) electrons. The second-order valence-corrected chi connectivity index (χ2v) is 6.57. The molecule has 20 heavy (non-hydrogen) atoms. The summed E-state index contributed by atoms with van der Waals surface area (Å²) in [6.45, 7) is 7.83. The van der Waals surface area contributed by atoms with Gasteiger partial charge in [0.2, 0.25) is 0 Å². The van der Waals surface area contributed by atoms with Crippen LogP contribution in [0.1, 0.15) is 58.1 Å². The Bertz CT molecular complexity index is 393. The van der Waals surface area contributed by atoms with Crippen molar-refractivity contribution in [1.29, 1.82) is 0 Å². The molecule has 0 aliphatic rings. The average molecular weight is 342 g/mol. The van der Waals surface area contributed by atoms with Gasteiger partial charge in [0.15, 0.2) is 0 Å². The highest BCUT2D eigenvalue weighted by Gasteiger charge is 2.15. The normalized spacial score (nSPS) is 12.7. The molecule has 2 nitrogen and oxygen atoms in total. The Kier molecular flexibility index (Phi) is 8.24. The summed E-state index contributed by atoms with van der Waals surface area (Å²) in [6, 6.07) is 6.63. The maximum absolute atomic E-state index is 5.36. The number of rotatable bonds is 9. The molecule has 1 aromatic carbocycles. The summed E-state index contributed by atoms with van der Waals surface area (Å²) >= 11 is 3.68. The number of hydrogen-bond acceptors (Lipinski definition) is 2. The maximum Gasteiger partial charge on any atom is 0.119 e. The molecule has 114 valence electrons. The Morgan fingerprint density at radius 3 is 2.60 bits per heavy atom. The third kappa shape index (κ3) is 5.84. The molecule has 1 rings (SSSR count). The molecule has 0 saturated carbocycles. The first kappa shape index (κ1) is 17.5. The van der Waals surface area contributed by atoms with Gasteiger partial charge in [0.25, 0.3) is 0 Å². The van der Waals surface area contributed by atoms with E-state index in [2.05, 4.69) is 54.2 Å². The van der Waals surface area contributed by atoms with Gasteiger partial charge in [-0.05, 0) is 49.1 Å². The first-order chi connectivity index (χ1) is 9.58. The average Bonchev–Trinajstić information content (AvgIpc) is 2.43. The van der Waals surface area contributed by atoms with Gasteiger partial charge in [0, 0.05) is 10.5 Å². The fraction of sp³-hybridized carbons (Fsp3) is 0.647. The summed E-state index contributed by atoms with van der Waals surface area (Å²) in [5, 5.41) is 3.67. The Hall–Kier alpha value is -0.540. The highest BCUT2D eigenvalue weighted by Crippen LogP contribution is 2.31. The van der Waals surface area contributed by atoms with Gasteiger partial charge in [-0.2, -0.15) is 0 Å². The molecule has 0 amide bonds. The van der Waals surface area contributed by atoms with Gasteiger partial charge in [0.05, 0.1) is 7.11 Å². The van der Waals surface area contributed by atoms with E-state index in [4.69, 9.17) is 4.74 Å².